The minimum atomic E-state index is -3.41. The lowest BCUT2D eigenvalue weighted by Crippen LogP contribution is -2.34. The summed E-state index contributed by atoms with van der Waals surface area (Å²) in [5.74, 6) is -0.0824. The van der Waals surface area contributed by atoms with E-state index in [1.165, 1.54) is 6.07 Å². The Bertz CT molecular complexity index is 608. The molecule has 6 heteroatoms. The third-order valence-corrected chi connectivity index (χ3v) is 5.12. The maximum Gasteiger partial charge on any atom is 0.228 e. The SMILES string of the molecule is CC(C)C(N)CS(=O)(=O)c1ccc2c(c1)CC(=O)N2. The number of fused-ring (bicyclic) bond motifs is 1. The molecule has 0 spiro atoms. The Morgan fingerprint density at radius 1 is 1.37 bits per heavy atom. The van der Waals surface area contributed by atoms with E-state index in [9.17, 15) is 13.2 Å². The molecule has 5 nitrogen and oxygen atoms in total. The van der Waals surface area contributed by atoms with Gasteiger partial charge in [-0.15, -0.1) is 0 Å². The summed E-state index contributed by atoms with van der Waals surface area (Å²) in [4.78, 5) is 11.5. The zero-order chi connectivity index (χ0) is 14.2. The fraction of sp³-hybridized carbons (Fsp3) is 0.462. The summed E-state index contributed by atoms with van der Waals surface area (Å²) in [6.07, 6.45) is 0.231. The standard InChI is InChI=1S/C13H18N2O3S/c1-8(2)11(14)7-19(17,18)10-3-4-12-9(5-10)6-13(16)15-12/h3-5,8,11H,6-7,14H2,1-2H3,(H,15,16). The minimum Gasteiger partial charge on any atom is -0.327 e. The first-order valence-electron chi connectivity index (χ1n) is 6.21. The van der Waals surface area contributed by atoms with Crippen LogP contribution < -0.4 is 11.1 Å². The third kappa shape index (κ3) is 2.96. The number of hydrogen-bond donors (Lipinski definition) is 2. The van der Waals surface area contributed by atoms with Crippen molar-refractivity contribution in [1.82, 2.24) is 0 Å². The first kappa shape index (κ1) is 14.0. The predicted octanol–water partition coefficient (Wildman–Crippen LogP) is 0.938. The van der Waals surface area contributed by atoms with E-state index >= 15 is 0 Å². The molecule has 2 rings (SSSR count). The Kier molecular flexibility index (Phi) is 3.64. The van der Waals surface area contributed by atoms with E-state index in [1.807, 2.05) is 13.8 Å². The molecule has 1 heterocycles. The second kappa shape index (κ2) is 4.94. The van der Waals surface area contributed by atoms with Gasteiger partial charge in [-0.2, -0.15) is 0 Å². The summed E-state index contributed by atoms with van der Waals surface area (Å²) < 4.78 is 24.5. The number of amides is 1. The van der Waals surface area contributed by atoms with E-state index in [0.717, 1.165) is 5.56 Å². The summed E-state index contributed by atoms with van der Waals surface area (Å²) in [7, 11) is -3.41. The zero-order valence-electron chi connectivity index (χ0n) is 11.0. The van der Waals surface area contributed by atoms with Gasteiger partial charge in [0.15, 0.2) is 9.84 Å². The Morgan fingerprint density at radius 2 is 2.05 bits per heavy atom. The van der Waals surface area contributed by atoms with Gasteiger partial charge in [-0.1, -0.05) is 13.8 Å². The molecule has 0 saturated carbocycles. The number of rotatable bonds is 4. The van der Waals surface area contributed by atoms with E-state index < -0.39 is 15.9 Å². The summed E-state index contributed by atoms with van der Waals surface area (Å²) in [5, 5.41) is 2.68. The van der Waals surface area contributed by atoms with E-state index in [2.05, 4.69) is 5.32 Å². The van der Waals surface area contributed by atoms with Gasteiger partial charge in [0, 0.05) is 11.7 Å². The molecule has 3 N–H and O–H groups in total. The minimum absolute atomic E-state index is 0.0785. The van der Waals surface area contributed by atoms with Crippen LogP contribution in [0.15, 0.2) is 23.1 Å². The molecule has 104 valence electrons. The normalized spacial score (nSPS) is 16.3. The summed E-state index contributed by atoms with van der Waals surface area (Å²) >= 11 is 0. The monoisotopic (exact) mass is 282 g/mol. The topological polar surface area (TPSA) is 89.3 Å². The van der Waals surface area contributed by atoms with Gasteiger partial charge in [0.1, 0.15) is 0 Å². The van der Waals surface area contributed by atoms with Gasteiger partial charge in [0.05, 0.1) is 17.1 Å². The van der Waals surface area contributed by atoms with Crippen molar-refractivity contribution in [3.8, 4) is 0 Å². The Hall–Kier alpha value is -1.40. The van der Waals surface area contributed by atoms with Gasteiger partial charge in [0.2, 0.25) is 5.91 Å². The lowest BCUT2D eigenvalue weighted by molar-refractivity contribution is -0.115. The molecule has 1 unspecified atom stereocenters. The molecule has 1 aliphatic heterocycles. The van der Waals surface area contributed by atoms with Gasteiger partial charge in [-0.3, -0.25) is 4.79 Å². The van der Waals surface area contributed by atoms with Crippen molar-refractivity contribution in [2.75, 3.05) is 11.1 Å². The molecule has 19 heavy (non-hydrogen) atoms. The molecule has 0 aliphatic carbocycles. The highest BCUT2D eigenvalue weighted by Crippen LogP contribution is 2.26. The number of anilines is 1. The van der Waals surface area contributed by atoms with Crippen molar-refractivity contribution in [2.24, 2.45) is 11.7 Å². The lowest BCUT2D eigenvalue weighted by Gasteiger charge is -2.15. The average molecular weight is 282 g/mol. The molecule has 0 fully saturated rings. The molecule has 0 radical (unpaired) electrons. The van der Waals surface area contributed by atoms with Crippen molar-refractivity contribution in [3.05, 3.63) is 23.8 Å². The van der Waals surface area contributed by atoms with E-state index in [-0.39, 0.29) is 28.9 Å². The van der Waals surface area contributed by atoms with Gasteiger partial charge in [0.25, 0.3) is 0 Å². The molecule has 1 atom stereocenters. The molecular formula is C13H18N2O3S. The van der Waals surface area contributed by atoms with Crippen LogP contribution in [0, 0.1) is 5.92 Å². The summed E-state index contributed by atoms with van der Waals surface area (Å²) in [5.41, 5.74) is 7.25. The highest BCUT2D eigenvalue weighted by Gasteiger charge is 2.24. The van der Waals surface area contributed by atoms with Crippen LogP contribution in [0.1, 0.15) is 19.4 Å². The highest BCUT2D eigenvalue weighted by atomic mass is 32.2. The fourth-order valence-corrected chi connectivity index (χ4v) is 3.62. The quantitative estimate of drug-likeness (QED) is 0.860. The maximum atomic E-state index is 12.2. The van der Waals surface area contributed by atoms with Crippen LogP contribution in [-0.4, -0.2) is 26.1 Å². The first-order chi connectivity index (χ1) is 8.79. The smallest absolute Gasteiger partial charge is 0.228 e. The zero-order valence-corrected chi connectivity index (χ0v) is 11.8. The van der Waals surface area contributed by atoms with Crippen LogP contribution in [0.4, 0.5) is 5.69 Å². The Labute approximate surface area is 113 Å². The number of sulfone groups is 1. The first-order valence-corrected chi connectivity index (χ1v) is 7.86. The molecule has 1 amide bonds. The highest BCUT2D eigenvalue weighted by molar-refractivity contribution is 7.91. The van der Waals surface area contributed by atoms with Gasteiger partial charge in [-0.05, 0) is 29.7 Å². The van der Waals surface area contributed by atoms with E-state index in [1.54, 1.807) is 12.1 Å². The van der Waals surface area contributed by atoms with Gasteiger partial charge < -0.3 is 11.1 Å². The second-order valence-corrected chi connectivity index (χ2v) is 7.27. The van der Waals surface area contributed by atoms with Crippen LogP contribution in [0.5, 0.6) is 0 Å². The Balaban J connectivity index is 2.27. The van der Waals surface area contributed by atoms with Crippen molar-refractivity contribution < 1.29 is 13.2 Å². The summed E-state index contributed by atoms with van der Waals surface area (Å²) in [6, 6.07) is 4.33. The molecule has 0 bridgehead atoms. The van der Waals surface area contributed by atoms with Crippen LogP contribution in [0.2, 0.25) is 0 Å². The lowest BCUT2D eigenvalue weighted by atomic mass is 10.1. The van der Waals surface area contributed by atoms with E-state index in [4.69, 9.17) is 5.73 Å². The largest absolute Gasteiger partial charge is 0.327 e. The van der Waals surface area contributed by atoms with Crippen LogP contribution in [0.3, 0.4) is 0 Å². The van der Waals surface area contributed by atoms with Crippen LogP contribution in [-0.2, 0) is 21.1 Å². The van der Waals surface area contributed by atoms with Crippen molar-refractivity contribution in [3.63, 3.8) is 0 Å². The fourth-order valence-electron chi connectivity index (χ4n) is 1.94. The van der Waals surface area contributed by atoms with Crippen molar-refractivity contribution >= 4 is 21.4 Å². The van der Waals surface area contributed by atoms with Gasteiger partial charge >= 0.3 is 0 Å². The van der Waals surface area contributed by atoms with Crippen LogP contribution in [0.25, 0.3) is 0 Å². The molecular weight excluding hydrogens is 264 g/mol. The van der Waals surface area contributed by atoms with Crippen LogP contribution >= 0.6 is 0 Å². The summed E-state index contributed by atoms with van der Waals surface area (Å²) in [6.45, 7) is 3.79. The number of carbonyl (C=O) groups is 1. The van der Waals surface area contributed by atoms with Crippen molar-refractivity contribution in [2.45, 2.75) is 31.2 Å². The molecule has 1 aliphatic rings. The average Bonchev–Trinajstić information content (AvgIpc) is 2.67. The second-order valence-electron chi connectivity index (χ2n) is 5.23. The van der Waals surface area contributed by atoms with Crippen molar-refractivity contribution in [1.29, 1.82) is 0 Å². The predicted molar refractivity (Wildman–Crippen MR) is 73.6 cm³/mol. The van der Waals surface area contributed by atoms with E-state index in [0.29, 0.717) is 5.69 Å². The number of hydrogen-bond acceptors (Lipinski definition) is 4. The number of nitrogens with two attached hydrogens (primary N) is 1. The number of benzene rings is 1. The molecule has 0 aromatic heterocycles. The molecule has 1 aromatic rings. The Morgan fingerprint density at radius 3 is 2.68 bits per heavy atom. The van der Waals surface area contributed by atoms with Gasteiger partial charge in [-0.25, -0.2) is 8.42 Å². The molecule has 1 aromatic carbocycles. The molecule has 0 saturated heterocycles. The third-order valence-electron chi connectivity index (χ3n) is 3.33. The maximum absolute atomic E-state index is 12.2. The number of carbonyl (C=O) groups excluding carboxylic acids is 1. The number of nitrogens with one attached hydrogen (secondary N) is 1.